The summed E-state index contributed by atoms with van der Waals surface area (Å²) in [5, 5.41) is 0. The fourth-order valence-corrected chi connectivity index (χ4v) is 3.77. The van der Waals surface area contributed by atoms with Crippen LogP contribution >= 0.6 is 0 Å². The molecule has 0 bridgehead atoms. The molecule has 1 aliphatic rings. The number of carbonyl (C=O) groups is 1. The van der Waals surface area contributed by atoms with Gasteiger partial charge in [0.25, 0.3) is 0 Å². The Morgan fingerprint density at radius 1 is 0.885 bits per heavy atom. The van der Waals surface area contributed by atoms with Crippen molar-refractivity contribution in [1.29, 1.82) is 0 Å². The zero-order chi connectivity index (χ0) is 18.6. The first-order valence-electron chi connectivity index (χ1n) is 10.4. The summed E-state index contributed by atoms with van der Waals surface area (Å²) in [7, 11) is 0. The molecule has 3 rings (SSSR count). The van der Waals surface area contributed by atoms with Crippen molar-refractivity contribution in [3.8, 4) is 11.1 Å². The van der Waals surface area contributed by atoms with Crippen LogP contribution in [0.5, 0.6) is 0 Å². The largest absolute Gasteiger partial charge is 0.300 e. The molecular weight excluding hydrogens is 316 g/mol. The summed E-state index contributed by atoms with van der Waals surface area (Å²) in [5.41, 5.74) is 4.35. The fraction of sp³-hybridized carbons (Fsp3) is 0.480. The van der Waals surface area contributed by atoms with Gasteiger partial charge in [0, 0.05) is 6.42 Å². The first-order valence-corrected chi connectivity index (χ1v) is 10.4. The highest BCUT2D eigenvalue weighted by Crippen LogP contribution is 2.37. The van der Waals surface area contributed by atoms with E-state index in [1.807, 2.05) is 0 Å². The molecule has 1 fully saturated rings. The summed E-state index contributed by atoms with van der Waals surface area (Å²) in [4.78, 5) is 10.3. The van der Waals surface area contributed by atoms with Gasteiger partial charge in [0.1, 0.15) is 5.78 Å². The summed E-state index contributed by atoms with van der Waals surface area (Å²) in [5.74, 6) is 1.09. The number of hydrogen-bond donors (Lipinski definition) is 0. The molecule has 26 heavy (non-hydrogen) atoms. The van der Waals surface area contributed by atoms with E-state index in [1.165, 1.54) is 56.1 Å². The Bertz CT molecular complexity index is 638. The van der Waals surface area contributed by atoms with Crippen LogP contribution in [-0.4, -0.2) is 5.78 Å². The van der Waals surface area contributed by atoms with Crippen LogP contribution in [-0.2, 0) is 4.79 Å². The van der Waals surface area contributed by atoms with Crippen molar-refractivity contribution in [2.45, 2.75) is 77.6 Å². The molecule has 0 N–H and O–H groups in total. The highest BCUT2D eigenvalue weighted by Gasteiger charge is 2.18. The van der Waals surface area contributed by atoms with E-state index in [2.05, 4.69) is 61.5 Å². The minimum absolute atomic E-state index is 0.318. The quantitative estimate of drug-likeness (QED) is 0.491. The van der Waals surface area contributed by atoms with Crippen LogP contribution in [0.15, 0.2) is 54.6 Å². The maximum Gasteiger partial charge on any atom is 0.129 e. The summed E-state index contributed by atoms with van der Waals surface area (Å²) >= 11 is 0. The maximum absolute atomic E-state index is 10.3. The molecule has 0 aromatic heterocycles. The number of benzene rings is 2. The van der Waals surface area contributed by atoms with Crippen molar-refractivity contribution < 1.29 is 4.79 Å². The standard InChI is InChI=1S/C18H20.C7H14O/c1-3-9-15(10-4-1)17-13-7-8-14-18(17)16-11-5-2-6-12-16;1-3-4-5-6-7(2)8/h1,3-4,7-10,13-14,16H,2,5-6,11-12H2;3-6H2,1-2H3. The Morgan fingerprint density at radius 3 is 2.19 bits per heavy atom. The van der Waals surface area contributed by atoms with E-state index < -0.39 is 0 Å². The number of unbranched alkanes of at least 4 members (excludes halogenated alkanes) is 2. The monoisotopic (exact) mass is 350 g/mol. The lowest BCUT2D eigenvalue weighted by Crippen LogP contribution is -2.05. The molecule has 1 nitrogen and oxygen atoms in total. The lowest BCUT2D eigenvalue weighted by atomic mass is 9.81. The molecule has 0 amide bonds. The lowest BCUT2D eigenvalue weighted by molar-refractivity contribution is -0.117. The first-order chi connectivity index (χ1) is 12.7. The molecule has 2 aromatic rings. The number of carbonyl (C=O) groups excluding carboxylic acids is 1. The maximum atomic E-state index is 10.3. The van der Waals surface area contributed by atoms with Crippen molar-refractivity contribution in [2.24, 2.45) is 0 Å². The second-order valence-corrected chi connectivity index (χ2v) is 7.45. The topological polar surface area (TPSA) is 17.1 Å². The third kappa shape index (κ3) is 6.78. The Balaban J connectivity index is 0.000000260. The zero-order valence-electron chi connectivity index (χ0n) is 16.5. The summed E-state index contributed by atoms with van der Waals surface area (Å²) < 4.78 is 0. The normalized spacial score (nSPS) is 14.4. The second kappa shape index (κ2) is 11.7. The molecule has 0 radical (unpaired) electrons. The second-order valence-electron chi connectivity index (χ2n) is 7.45. The molecule has 1 aliphatic carbocycles. The van der Waals surface area contributed by atoms with Crippen molar-refractivity contribution in [3.05, 3.63) is 60.2 Å². The van der Waals surface area contributed by atoms with Gasteiger partial charge in [-0.25, -0.2) is 0 Å². The molecule has 1 heteroatoms. The Labute approximate surface area is 159 Å². The van der Waals surface area contributed by atoms with Crippen LogP contribution < -0.4 is 0 Å². The average molecular weight is 351 g/mol. The number of Topliss-reactive ketones (excluding diaryl/α,β-unsaturated/α-hetero) is 1. The Hall–Kier alpha value is -1.89. The van der Waals surface area contributed by atoms with E-state index in [1.54, 1.807) is 12.5 Å². The third-order valence-corrected chi connectivity index (χ3v) is 5.22. The fourth-order valence-electron chi connectivity index (χ4n) is 3.77. The van der Waals surface area contributed by atoms with Gasteiger partial charge >= 0.3 is 0 Å². The average Bonchev–Trinajstić information content (AvgIpc) is 2.70. The van der Waals surface area contributed by atoms with Crippen LogP contribution in [0.25, 0.3) is 11.1 Å². The van der Waals surface area contributed by atoms with Gasteiger partial charge in [0.15, 0.2) is 0 Å². The van der Waals surface area contributed by atoms with Gasteiger partial charge in [-0.05, 0) is 48.8 Å². The number of hydrogen-bond acceptors (Lipinski definition) is 1. The molecule has 2 aromatic carbocycles. The lowest BCUT2D eigenvalue weighted by Gasteiger charge is -2.24. The van der Waals surface area contributed by atoms with Gasteiger partial charge in [-0.1, -0.05) is 93.6 Å². The van der Waals surface area contributed by atoms with Gasteiger partial charge in [-0.15, -0.1) is 0 Å². The molecule has 1 saturated carbocycles. The predicted octanol–water partition coefficient (Wildman–Crippen LogP) is 7.56. The van der Waals surface area contributed by atoms with Gasteiger partial charge < -0.3 is 4.79 Å². The highest BCUT2D eigenvalue weighted by molar-refractivity contribution is 5.75. The van der Waals surface area contributed by atoms with Crippen molar-refractivity contribution >= 4 is 5.78 Å². The van der Waals surface area contributed by atoms with Gasteiger partial charge in [-0.3, -0.25) is 0 Å². The molecule has 0 saturated heterocycles. The van der Waals surface area contributed by atoms with Gasteiger partial charge in [0.05, 0.1) is 0 Å². The van der Waals surface area contributed by atoms with Crippen LogP contribution in [0, 0.1) is 0 Å². The van der Waals surface area contributed by atoms with Crippen LogP contribution in [0.3, 0.4) is 0 Å². The van der Waals surface area contributed by atoms with E-state index in [0.29, 0.717) is 5.78 Å². The van der Waals surface area contributed by atoms with Crippen molar-refractivity contribution in [1.82, 2.24) is 0 Å². The van der Waals surface area contributed by atoms with Crippen molar-refractivity contribution in [2.75, 3.05) is 0 Å². The predicted molar refractivity (Wildman–Crippen MR) is 113 cm³/mol. The van der Waals surface area contributed by atoms with Crippen molar-refractivity contribution in [3.63, 3.8) is 0 Å². The van der Waals surface area contributed by atoms with Crippen LogP contribution in [0.1, 0.15) is 83.1 Å². The molecule has 140 valence electrons. The Morgan fingerprint density at radius 2 is 1.54 bits per heavy atom. The Kier molecular flexibility index (Phi) is 9.17. The number of rotatable bonds is 6. The van der Waals surface area contributed by atoms with Gasteiger partial charge in [-0.2, -0.15) is 0 Å². The number of ketones is 1. The molecule has 0 atom stereocenters. The first kappa shape index (κ1) is 20.4. The smallest absolute Gasteiger partial charge is 0.129 e. The molecule has 0 unspecified atom stereocenters. The van der Waals surface area contributed by atoms with E-state index in [4.69, 9.17) is 0 Å². The zero-order valence-corrected chi connectivity index (χ0v) is 16.5. The molecular formula is C25H34O. The van der Waals surface area contributed by atoms with E-state index in [-0.39, 0.29) is 0 Å². The van der Waals surface area contributed by atoms with Crippen LogP contribution in [0.4, 0.5) is 0 Å². The van der Waals surface area contributed by atoms with E-state index in [9.17, 15) is 4.79 Å². The molecule has 0 aliphatic heterocycles. The van der Waals surface area contributed by atoms with Crippen LogP contribution in [0.2, 0.25) is 0 Å². The summed E-state index contributed by atoms with van der Waals surface area (Å²) in [6, 6.07) is 19.8. The third-order valence-electron chi connectivity index (χ3n) is 5.22. The van der Waals surface area contributed by atoms with E-state index >= 15 is 0 Å². The molecule has 0 spiro atoms. The SMILES string of the molecule is CCCCCC(C)=O.c1ccc(-c2ccccc2C2CCCCC2)cc1. The van der Waals surface area contributed by atoms with E-state index in [0.717, 1.165) is 18.8 Å². The highest BCUT2D eigenvalue weighted by atomic mass is 16.1. The minimum Gasteiger partial charge on any atom is -0.300 e. The van der Waals surface area contributed by atoms with Gasteiger partial charge in [0.2, 0.25) is 0 Å². The molecule has 0 heterocycles. The summed E-state index contributed by atoms with van der Waals surface area (Å²) in [6.07, 6.45) is 11.2. The summed E-state index contributed by atoms with van der Waals surface area (Å²) in [6.45, 7) is 3.79. The minimum atomic E-state index is 0.318.